The second kappa shape index (κ2) is 10.4. The standard InChI is InChI=1S/C18H28N4O3S/c1-5-7-8-9-10-11-12-25-16-14-13(21-22(16)3)15(17(23)24-6-2)20-18(19-14)26-4/h5-12H2,1-4H3. The Morgan fingerprint density at radius 3 is 2.50 bits per heavy atom. The second-order valence-electron chi connectivity index (χ2n) is 6.02. The van der Waals surface area contributed by atoms with Gasteiger partial charge in [0.05, 0.1) is 13.2 Å². The number of thioether (sulfide) groups is 1. The van der Waals surface area contributed by atoms with Crippen molar-refractivity contribution in [2.24, 2.45) is 7.05 Å². The number of hydrogen-bond donors (Lipinski definition) is 0. The minimum Gasteiger partial charge on any atom is -0.476 e. The van der Waals surface area contributed by atoms with Crippen LogP contribution in [-0.4, -0.2) is 45.2 Å². The van der Waals surface area contributed by atoms with E-state index in [0.29, 0.717) is 28.7 Å². The molecule has 0 saturated carbocycles. The highest BCUT2D eigenvalue weighted by Gasteiger charge is 2.23. The zero-order valence-electron chi connectivity index (χ0n) is 16.1. The SMILES string of the molecule is CCCCCCCCOc1c2nc(SC)nc(C(=O)OCC)c2nn1C. The Labute approximate surface area is 158 Å². The van der Waals surface area contributed by atoms with Crippen LogP contribution in [0.3, 0.4) is 0 Å². The van der Waals surface area contributed by atoms with Gasteiger partial charge in [0.2, 0.25) is 5.88 Å². The van der Waals surface area contributed by atoms with Crippen molar-refractivity contribution in [3.8, 4) is 5.88 Å². The summed E-state index contributed by atoms with van der Waals surface area (Å²) >= 11 is 1.37. The van der Waals surface area contributed by atoms with Crippen LogP contribution in [0.25, 0.3) is 11.0 Å². The minimum absolute atomic E-state index is 0.186. The van der Waals surface area contributed by atoms with Crippen LogP contribution in [0.1, 0.15) is 62.9 Å². The van der Waals surface area contributed by atoms with Crippen molar-refractivity contribution in [2.75, 3.05) is 19.5 Å². The molecule has 144 valence electrons. The predicted molar refractivity (Wildman–Crippen MR) is 103 cm³/mol. The summed E-state index contributed by atoms with van der Waals surface area (Å²) in [5.41, 5.74) is 1.16. The Morgan fingerprint density at radius 1 is 1.08 bits per heavy atom. The minimum atomic E-state index is -0.490. The lowest BCUT2D eigenvalue weighted by Crippen LogP contribution is -2.09. The fourth-order valence-electron chi connectivity index (χ4n) is 2.67. The summed E-state index contributed by atoms with van der Waals surface area (Å²) < 4.78 is 12.7. The van der Waals surface area contributed by atoms with Crippen LogP contribution in [0, 0.1) is 0 Å². The van der Waals surface area contributed by atoms with E-state index in [9.17, 15) is 4.79 Å². The summed E-state index contributed by atoms with van der Waals surface area (Å²) in [6, 6.07) is 0. The van der Waals surface area contributed by atoms with E-state index in [1.54, 1.807) is 18.7 Å². The number of carbonyl (C=O) groups excluding carboxylic acids is 1. The van der Waals surface area contributed by atoms with Gasteiger partial charge in [0.15, 0.2) is 16.4 Å². The summed E-state index contributed by atoms with van der Waals surface area (Å²) in [5, 5.41) is 4.89. The number of fused-ring (bicyclic) bond motifs is 1. The lowest BCUT2D eigenvalue weighted by Gasteiger charge is -2.07. The molecule has 0 fully saturated rings. The lowest BCUT2D eigenvalue weighted by atomic mass is 10.1. The molecular weight excluding hydrogens is 352 g/mol. The van der Waals surface area contributed by atoms with Crippen LogP contribution in [0.2, 0.25) is 0 Å². The van der Waals surface area contributed by atoms with Crippen molar-refractivity contribution >= 4 is 28.8 Å². The molecule has 0 atom stereocenters. The molecule has 2 aromatic rings. The maximum absolute atomic E-state index is 12.2. The normalized spacial score (nSPS) is 11.1. The van der Waals surface area contributed by atoms with Gasteiger partial charge >= 0.3 is 5.97 Å². The van der Waals surface area contributed by atoms with Gasteiger partial charge in [-0.05, 0) is 19.6 Å². The number of carbonyl (C=O) groups is 1. The van der Waals surface area contributed by atoms with Crippen LogP contribution in [0.4, 0.5) is 0 Å². The van der Waals surface area contributed by atoms with E-state index in [0.717, 1.165) is 12.8 Å². The van der Waals surface area contributed by atoms with Gasteiger partial charge in [-0.15, -0.1) is 0 Å². The zero-order valence-corrected chi connectivity index (χ0v) is 16.9. The molecule has 26 heavy (non-hydrogen) atoms. The van der Waals surface area contributed by atoms with Gasteiger partial charge in [-0.1, -0.05) is 50.8 Å². The van der Waals surface area contributed by atoms with E-state index in [1.165, 1.54) is 37.4 Å². The number of esters is 1. The number of aromatic nitrogens is 4. The lowest BCUT2D eigenvalue weighted by molar-refractivity contribution is 0.0520. The molecular formula is C18H28N4O3S. The average Bonchev–Trinajstić information content (AvgIpc) is 2.95. The average molecular weight is 381 g/mol. The molecule has 0 aromatic carbocycles. The topological polar surface area (TPSA) is 79.1 Å². The molecule has 0 spiro atoms. The monoisotopic (exact) mass is 380 g/mol. The summed E-state index contributed by atoms with van der Waals surface area (Å²) in [4.78, 5) is 21.0. The van der Waals surface area contributed by atoms with Crippen molar-refractivity contribution in [3.63, 3.8) is 0 Å². The molecule has 0 amide bonds. The fourth-order valence-corrected chi connectivity index (χ4v) is 3.04. The molecule has 0 aliphatic heterocycles. The molecule has 7 nitrogen and oxygen atoms in total. The number of ether oxygens (including phenoxy) is 2. The van der Waals surface area contributed by atoms with Crippen LogP contribution < -0.4 is 4.74 Å². The first-order chi connectivity index (χ1) is 12.6. The Kier molecular flexibility index (Phi) is 8.15. The van der Waals surface area contributed by atoms with Crippen molar-refractivity contribution < 1.29 is 14.3 Å². The van der Waals surface area contributed by atoms with Gasteiger partial charge < -0.3 is 9.47 Å². The largest absolute Gasteiger partial charge is 0.476 e. The summed E-state index contributed by atoms with van der Waals surface area (Å²) in [5.74, 6) is 0.0765. The van der Waals surface area contributed by atoms with Crippen molar-refractivity contribution in [3.05, 3.63) is 5.69 Å². The molecule has 8 heteroatoms. The number of hydrogen-bond acceptors (Lipinski definition) is 7. The van der Waals surface area contributed by atoms with Crippen LogP contribution in [-0.2, 0) is 11.8 Å². The first-order valence-corrected chi connectivity index (χ1v) is 10.4. The highest BCUT2D eigenvalue weighted by molar-refractivity contribution is 7.98. The zero-order chi connectivity index (χ0) is 18.9. The number of aryl methyl sites for hydroxylation is 1. The Morgan fingerprint density at radius 2 is 1.81 bits per heavy atom. The van der Waals surface area contributed by atoms with Gasteiger partial charge in [0.1, 0.15) is 5.52 Å². The second-order valence-corrected chi connectivity index (χ2v) is 6.79. The van der Waals surface area contributed by atoms with Gasteiger partial charge in [0, 0.05) is 7.05 Å². The molecule has 2 aromatic heterocycles. The first kappa shape index (κ1) is 20.5. The van der Waals surface area contributed by atoms with E-state index in [1.807, 2.05) is 6.26 Å². The van der Waals surface area contributed by atoms with Crippen molar-refractivity contribution in [1.29, 1.82) is 0 Å². The van der Waals surface area contributed by atoms with Gasteiger partial charge in [-0.2, -0.15) is 5.10 Å². The molecule has 2 rings (SSSR count). The smallest absolute Gasteiger partial charge is 0.359 e. The molecule has 0 radical (unpaired) electrons. The third-order valence-electron chi connectivity index (χ3n) is 4.00. The van der Waals surface area contributed by atoms with Crippen molar-refractivity contribution in [1.82, 2.24) is 19.7 Å². The van der Waals surface area contributed by atoms with Crippen LogP contribution in [0.5, 0.6) is 5.88 Å². The molecule has 0 bridgehead atoms. The Bertz CT molecular complexity index is 733. The molecule has 0 N–H and O–H groups in total. The summed E-state index contributed by atoms with van der Waals surface area (Å²) in [7, 11) is 1.78. The Balaban J connectivity index is 2.15. The van der Waals surface area contributed by atoms with Crippen LogP contribution in [0.15, 0.2) is 5.16 Å². The highest BCUT2D eigenvalue weighted by atomic mass is 32.2. The molecule has 0 aliphatic carbocycles. The maximum atomic E-state index is 12.2. The number of nitrogens with zero attached hydrogens (tertiary/aromatic N) is 4. The number of rotatable bonds is 11. The third-order valence-corrected chi connectivity index (χ3v) is 4.55. The predicted octanol–water partition coefficient (Wildman–Crippen LogP) is 4.00. The van der Waals surface area contributed by atoms with Gasteiger partial charge in [-0.3, -0.25) is 0 Å². The third kappa shape index (κ3) is 5.09. The summed E-state index contributed by atoms with van der Waals surface area (Å²) in [6.45, 7) is 4.87. The maximum Gasteiger partial charge on any atom is 0.359 e. The summed E-state index contributed by atoms with van der Waals surface area (Å²) in [6.07, 6.45) is 9.04. The first-order valence-electron chi connectivity index (χ1n) is 9.21. The van der Waals surface area contributed by atoms with Crippen molar-refractivity contribution in [2.45, 2.75) is 57.5 Å². The Hall–Kier alpha value is -1.83. The quantitative estimate of drug-likeness (QED) is 0.252. The van der Waals surface area contributed by atoms with Gasteiger partial charge in [-0.25, -0.2) is 19.4 Å². The van der Waals surface area contributed by atoms with E-state index in [-0.39, 0.29) is 12.3 Å². The fraction of sp³-hybridized carbons (Fsp3) is 0.667. The molecule has 0 unspecified atom stereocenters. The highest BCUT2D eigenvalue weighted by Crippen LogP contribution is 2.27. The van der Waals surface area contributed by atoms with Crippen LogP contribution >= 0.6 is 11.8 Å². The van der Waals surface area contributed by atoms with E-state index in [4.69, 9.17) is 9.47 Å². The van der Waals surface area contributed by atoms with E-state index in [2.05, 4.69) is 22.0 Å². The molecule has 0 aliphatic rings. The van der Waals surface area contributed by atoms with E-state index < -0.39 is 5.97 Å². The van der Waals surface area contributed by atoms with E-state index >= 15 is 0 Å². The molecule has 2 heterocycles. The number of unbranched alkanes of at least 4 members (excludes halogenated alkanes) is 5. The van der Waals surface area contributed by atoms with Gasteiger partial charge in [0.25, 0.3) is 0 Å². The molecule has 0 saturated heterocycles.